The number of hydrogen-bond donors (Lipinski definition) is 1. The molecule has 0 aromatic heterocycles. The van der Waals surface area contributed by atoms with Gasteiger partial charge >= 0.3 is 0 Å². The second kappa shape index (κ2) is 5.67. The Labute approximate surface area is 137 Å². The van der Waals surface area contributed by atoms with Crippen molar-refractivity contribution in [2.45, 2.75) is 25.0 Å². The van der Waals surface area contributed by atoms with Crippen molar-refractivity contribution in [2.75, 3.05) is 11.9 Å². The standard InChI is InChI=1S/C18H17BrFNO/c19-12-5-3-11(4-6-12)17-14-2-1-9-22-18(14)15-10-13(20)7-8-16(15)21-17/h3-8,10,14,17-18,21H,1-2,9H2/t14-,17?,18-/m0/s1. The first-order chi connectivity index (χ1) is 10.7. The average molecular weight is 362 g/mol. The molecule has 4 rings (SSSR count). The quantitative estimate of drug-likeness (QED) is 0.751. The minimum Gasteiger partial charge on any atom is -0.378 e. The van der Waals surface area contributed by atoms with E-state index in [1.54, 1.807) is 6.07 Å². The Hall–Kier alpha value is -1.39. The Kier molecular flexibility index (Phi) is 3.66. The minimum atomic E-state index is -0.199. The summed E-state index contributed by atoms with van der Waals surface area (Å²) < 4.78 is 20.7. The lowest BCUT2D eigenvalue weighted by atomic mass is 9.77. The van der Waals surface area contributed by atoms with Crippen LogP contribution in [0.5, 0.6) is 0 Å². The fourth-order valence-corrected chi connectivity index (χ4v) is 3.91. The fourth-order valence-electron chi connectivity index (χ4n) is 3.64. The molecule has 2 aromatic rings. The lowest BCUT2D eigenvalue weighted by Gasteiger charge is -2.43. The second-order valence-corrected chi connectivity index (χ2v) is 6.92. The largest absolute Gasteiger partial charge is 0.378 e. The summed E-state index contributed by atoms with van der Waals surface area (Å²) in [5.41, 5.74) is 3.19. The molecule has 0 amide bonds. The van der Waals surface area contributed by atoms with Crippen molar-refractivity contribution >= 4 is 21.6 Å². The molecule has 0 aliphatic carbocycles. The van der Waals surface area contributed by atoms with Crippen LogP contribution < -0.4 is 5.32 Å². The summed E-state index contributed by atoms with van der Waals surface area (Å²) in [7, 11) is 0. The molecule has 0 radical (unpaired) electrons. The maximum absolute atomic E-state index is 13.6. The van der Waals surface area contributed by atoms with Gasteiger partial charge in [-0.15, -0.1) is 0 Å². The number of fused-ring (bicyclic) bond motifs is 3. The van der Waals surface area contributed by atoms with E-state index in [1.165, 1.54) is 11.6 Å². The molecule has 1 unspecified atom stereocenters. The number of nitrogens with one attached hydrogen (secondary N) is 1. The van der Waals surface area contributed by atoms with Gasteiger partial charge in [0.2, 0.25) is 0 Å². The van der Waals surface area contributed by atoms with E-state index >= 15 is 0 Å². The summed E-state index contributed by atoms with van der Waals surface area (Å²) in [6, 6.07) is 13.6. The predicted octanol–water partition coefficient (Wildman–Crippen LogP) is 5.22. The first kappa shape index (κ1) is 14.2. The molecule has 2 aromatic carbocycles. The average Bonchev–Trinajstić information content (AvgIpc) is 2.55. The maximum Gasteiger partial charge on any atom is 0.123 e. The van der Waals surface area contributed by atoms with E-state index in [0.29, 0.717) is 5.92 Å². The summed E-state index contributed by atoms with van der Waals surface area (Å²) in [4.78, 5) is 0. The Morgan fingerprint density at radius 1 is 1.14 bits per heavy atom. The zero-order chi connectivity index (χ0) is 15.1. The summed E-state index contributed by atoms with van der Waals surface area (Å²) in [6.07, 6.45) is 2.13. The monoisotopic (exact) mass is 361 g/mol. The second-order valence-electron chi connectivity index (χ2n) is 6.00. The molecule has 0 spiro atoms. The lowest BCUT2D eigenvalue weighted by Crippen LogP contribution is -2.36. The lowest BCUT2D eigenvalue weighted by molar-refractivity contribution is -0.0382. The smallest absolute Gasteiger partial charge is 0.123 e. The Balaban J connectivity index is 1.77. The highest BCUT2D eigenvalue weighted by Gasteiger charge is 2.39. The van der Waals surface area contributed by atoms with Crippen molar-refractivity contribution in [3.8, 4) is 0 Å². The zero-order valence-electron chi connectivity index (χ0n) is 12.1. The van der Waals surface area contributed by atoms with Crippen LogP contribution in [0.1, 0.15) is 36.1 Å². The SMILES string of the molecule is Fc1ccc2c(c1)[C@H]1OCCC[C@H]1C(c1ccc(Br)cc1)N2. The van der Waals surface area contributed by atoms with Crippen LogP contribution in [0.4, 0.5) is 10.1 Å². The van der Waals surface area contributed by atoms with E-state index in [2.05, 4.69) is 45.5 Å². The predicted molar refractivity (Wildman–Crippen MR) is 88.3 cm³/mol. The molecule has 1 N–H and O–H groups in total. The van der Waals surface area contributed by atoms with Crippen LogP contribution in [0.15, 0.2) is 46.9 Å². The van der Waals surface area contributed by atoms with Gasteiger partial charge in [-0.3, -0.25) is 0 Å². The van der Waals surface area contributed by atoms with Crippen molar-refractivity contribution in [3.63, 3.8) is 0 Å². The van der Waals surface area contributed by atoms with Gasteiger partial charge in [0.15, 0.2) is 0 Å². The Morgan fingerprint density at radius 3 is 2.77 bits per heavy atom. The highest BCUT2D eigenvalue weighted by Crippen LogP contribution is 2.49. The van der Waals surface area contributed by atoms with E-state index in [4.69, 9.17) is 4.74 Å². The first-order valence-electron chi connectivity index (χ1n) is 7.65. The zero-order valence-corrected chi connectivity index (χ0v) is 13.6. The van der Waals surface area contributed by atoms with Gasteiger partial charge in [0.1, 0.15) is 5.82 Å². The fraction of sp³-hybridized carbons (Fsp3) is 0.333. The third kappa shape index (κ3) is 2.44. The normalized spacial score (nSPS) is 26.7. The summed E-state index contributed by atoms with van der Waals surface area (Å²) >= 11 is 3.49. The van der Waals surface area contributed by atoms with E-state index in [0.717, 1.165) is 35.2 Å². The molecule has 3 atom stereocenters. The minimum absolute atomic E-state index is 0.0191. The van der Waals surface area contributed by atoms with E-state index in [9.17, 15) is 4.39 Å². The molecule has 1 saturated heterocycles. The third-order valence-corrected chi connectivity index (χ3v) is 5.19. The van der Waals surface area contributed by atoms with Crippen LogP contribution in [0, 0.1) is 11.7 Å². The van der Waals surface area contributed by atoms with Gasteiger partial charge in [0.25, 0.3) is 0 Å². The van der Waals surface area contributed by atoms with E-state index in [1.807, 2.05) is 6.07 Å². The third-order valence-electron chi connectivity index (χ3n) is 4.66. The van der Waals surface area contributed by atoms with Gasteiger partial charge in [-0.1, -0.05) is 28.1 Å². The van der Waals surface area contributed by atoms with Crippen molar-refractivity contribution < 1.29 is 9.13 Å². The molecule has 4 heteroatoms. The molecule has 2 nitrogen and oxygen atoms in total. The maximum atomic E-state index is 13.6. The molecule has 0 bridgehead atoms. The Bertz CT molecular complexity index is 688. The van der Waals surface area contributed by atoms with Crippen LogP contribution in [0.3, 0.4) is 0 Å². The summed E-state index contributed by atoms with van der Waals surface area (Å²) in [5.74, 6) is 0.139. The van der Waals surface area contributed by atoms with Gasteiger partial charge in [0, 0.05) is 28.2 Å². The highest BCUT2D eigenvalue weighted by atomic mass is 79.9. The molecule has 22 heavy (non-hydrogen) atoms. The van der Waals surface area contributed by atoms with Crippen molar-refractivity contribution in [3.05, 3.63) is 63.9 Å². The van der Waals surface area contributed by atoms with E-state index in [-0.39, 0.29) is 18.0 Å². The van der Waals surface area contributed by atoms with Gasteiger partial charge in [-0.25, -0.2) is 4.39 Å². The molecule has 114 valence electrons. The Morgan fingerprint density at radius 2 is 1.95 bits per heavy atom. The molecule has 0 saturated carbocycles. The van der Waals surface area contributed by atoms with Crippen LogP contribution in [-0.2, 0) is 4.74 Å². The van der Waals surface area contributed by atoms with Crippen molar-refractivity contribution in [1.29, 1.82) is 0 Å². The molecular formula is C18H17BrFNO. The first-order valence-corrected chi connectivity index (χ1v) is 8.45. The topological polar surface area (TPSA) is 21.3 Å². The van der Waals surface area contributed by atoms with Gasteiger partial charge in [-0.2, -0.15) is 0 Å². The van der Waals surface area contributed by atoms with Gasteiger partial charge < -0.3 is 10.1 Å². The molecule has 2 aliphatic heterocycles. The number of anilines is 1. The number of halogens is 2. The van der Waals surface area contributed by atoms with Crippen molar-refractivity contribution in [2.24, 2.45) is 5.92 Å². The summed E-state index contributed by atoms with van der Waals surface area (Å²) in [5, 5.41) is 3.60. The summed E-state index contributed by atoms with van der Waals surface area (Å²) in [6.45, 7) is 0.754. The molecular weight excluding hydrogens is 345 g/mol. The number of rotatable bonds is 1. The van der Waals surface area contributed by atoms with Crippen LogP contribution >= 0.6 is 15.9 Å². The molecule has 2 aliphatic rings. The highest BCUT2D eigenvalue weighted by molar-refractivity contribution is 9.10. The number of ether oxygens (including phenoxy) is 1. The van der Waals surface area contributed by atoms with Crippen LogP contribution in [0.2, 0.25) is 0 Å². The molecule has 1 fully saturated rings. The molecule has 2 heterocycles. The van der Waals surface area contributed by atoms with Crippen LogP contribution in [0.25, 0.3) is 0 Å². The number of benzene rings is 2. The van der Waals surface area contributed by atoms with Crippen LogP contribution in [-0.4, -0.2) is 6.61 Å². The van der Waals surface area contributed by atoms with Gasteiger partial charge in [-0.05, 0) is 48.7 Å². The van der Waals surface area contributed by atoms with Gasteiger partial charge in [0.05, 0.1) is 12.1 Å². The van der Waals surface area contributed by atoms with E-state index < -0.39 is 0 Å². The number of hydrogen-bond acceptors (Lipinski definition) is 2. The van der Waals surface area contributed by atoms with Crippen molar-refractivity contribution in [1.82, 2.24) is 0 Å².